The summed E-state index contributed by atoms with van der Waals surface area (Å²) in [6, 6.07) is 1.71. The maximum Gasteiger partial charge on any atom is 0.147 e. The van der Waals surface area contributed by atoms with Crippen LogP contribution in [0.3, 0.4) is 0 Å². The first kappa shape index (κ1) is 11.8. The summed E-state index contributed by atoms with van der Waals surface area (Å²) in [7, 11) is 1.79. The molecule has 1 saturated carbocycles. The molecule has 0 saturated heterocycles. The second-order valence-electron chi connectivity index (χ2n) is 4.08. The average Bonchev–Trinajstić information content (AvgIpc) is 2.18. The van der Waals surface area contributed by atoms with Gasteiger partial charge >= 0.3 is 0 Å². The largest absolute Gasteiger partial charge is 0.372 e. The van der Waals surface area contributed by atoms with E-state index in [0.29, 0.717) is 21.7 Å². The summed E-state index contributed by atoms with van der Waals surface area (Å²) < 4.78 is 0. The highest BCUT2D eigenvalue weighted by atomic mass is 35.5. The molecule has 0 unspecified atom stereocenters. The molecule has 0 bridgehead atoms. The zero-order valence-corrected chi connectivity index (χ0v) is 10.7. The van der Waals surface area contributed by atoms with Crippen LogP contribution >= 0.6 is 23.2 Å². The average molecular weight is 260 g/mol. The van der Waals surface area contributed by atoms with Crippen molar-refractivity contribution in [1.29, 1.82) is 0 Å². The van der Waals surface area contributed by atoms with E-state index in [-0.39, 0.29) is 0 Å². The van der Waals surface area contributed by atoms with Crippen molar-refractivity contribution in [3.05, 3.63) is 16.1 Å². The highest BCUT2D eigenvalue weighted by Gasteiger charge is 2.17. The van der Waals surface area contributed by atoms with Gasteiger partial charge in [0.25, 0.3) is 0 Å². The summed E-state index contributed by atoms with van der Waals surface area (Å²) in [6.07, 6.45) is 3.95. The van der Waals surface area contributed by atoms with E-state index < -0.39 is 0 Å². The van der Waals surface area contributed by atoms with Crippen molar-refractivity contribution in [3.63, 3.8) is 0 Å². The third kappa shape index (κ3) is 2.53. The van der Waals surface area contributed by atoms with Crippen molar-refractivity contribution in [2.75, 3.05) is 24.2 Å². The molecule has 0 amide bonds. The topological polar surface area (TPSA) is 37.0 Å². The van der Waals surface area contributed by atoms with Crippen molar-refractivity contribution in [2.24, 2.45) is 5.92 Å². The fourth-order valence-corrected chi connectivity index (χ4v) is 2.22. The predicted molar refractivity (Wildman–Crippen MR) is 69.6 cm³/mol. The summed E-state index contributed by atoms with van der Waals surface area (Å²) in [5.74, 6) is 2.14. The molecule has 1 heterocycles. The van der Waals surface area contributed by atoms with Gasteiger partial charge in [0.15, 0.2) is 0 Å². The standard InChI is InChI=1S/C11H15Cl2N3/c1-14-10-8(12)5-9(13)11(16-10)15-6-7-3-2-4-7/h5,7H,2-4,6H2,1H3,(H2,14,15,16). The molecular weight excluding hydrogens is 245 g/mol. The Balaban J connectivity index is 2.06. The van der Waals surface area contributed by atoms with E-state index in [1.807, 2.05) is 0 Å². The van der Waals surface area contributed by atoms with Gasteiger partial charge in [-0.3, -0.25) is 0 Å². The zero-order valence-electron chi connectivity index (χ0n) is 9.19. The van der Waals surface area contributed by atoms with Gasteiger partial charge in [-0.15, -0.1) is 0 Å². The fraction of sp³-hybridized carbons (Fsp3) is 0.545. The van der Waals surface area contributed by atoms with Crippen molar-refractivity contribution in [3.8, 4) is 0 Å². The number of aromatic nitrogens is 1. The molecule has 88 valence electrons. The van der Waals surface area contributed by atoms with Gasteiger partial charge in [-0.1, -0.05) is 29.6 Å². The highest BCUT2D eigenvalue weighted by molar-refractivity contribution is 6.37. The number of nitrogens with zero attached hydrogens (tertiary/aromatic N) is 1. The Labute approximate surface area is 106 Å². The van der Waals surface area contributed by atoms with E-state index in [1.54, 1.807) is 13.1 Å². The number of pyridine rings is 1. The molecule has 16 heavy (non-hydrogen) atoms. The Bertz CT molecular complexity index is 378. The lowest BCUT2D eigenvalue weighted by molar-refractivity contribution is 0.333. The molecule has 5 heteroatoms. The van der Waals surface area contributed by atoms with Crippen LogP contribution in [0.25, 0.3) is 0 Å². The van der Waals surface area contributed by atoms with Crippen LogP contribution in [-0.4, -0.2) is 18.6 Å². The van der Waals surface area contributed by atoms with Crippen molar-refractivity contribution in [1.82, 2.24) is 4.98 Å². The van der Waals surface area contributed by atoms with Gasteiger partial charge < -0.3 is 10.6 Å². The summed E-state index contributed by atoms with van der Waals surface area (Å²) in [6.45, 7) is 0.942. The fourth-order valence-electron chi connectivity index (χ4n) is 1.70. The number of rotatable bonds is 4. The van der Waals surface area contributed by atoms with Crippen LogP contribution in [-0.2, 0) is 0 Å². The van der Waals surface area contributed by atoms with Crippen molar-refractivity contribution < 1.29 is 0 Å². The maximum absolute atomic E-state index is 6.07. The third-order valence-corrected chi connectivity index (χ3v) is 3.53. The second-order valence-corrected chi connectivity index (χ2v) is 4.89. The van der Waals surface area contributed by atoms with Gasteiger partial charge in [-0.2, -0.15) is 0 Å². The Morgan fingerprint density at radius 1 is 1.31 bits per heavy atom. The number of hydrogen-bond donors (Lipinski definition) is 2. The first-order chi connectivity index (χ1) is 7.70. The molecule has 1 fully saturated rings. The molecule has 0 atom stereocenters. The van der Waals surface area contributed by atoms with Gasteiger partial charge in [0.05, 0.1) is 10.0 Å². The summed E-state index contributed by atoms with van der Waals surface area (Å²) in [5.41, 5.74) is 0. The van der Waals surface area contributed by atoms with Gasteiger partial charge in [-0.25, -0.2) is 4.98 Å². The molecule has 0 aliphatic heterocycles. The zero-order chi connectivity index (χ0) is 11.5. The molecule has 1 aliphatic carbocycles. The summed E-state index contributed by atoms with van der Waals surface area (Å²) in [4.78, 5) is 4.33. The summed E-state index contributed by atoms with van der Waals surface area (Å²) in [5, 5.41) is 7.33. The molecule has 3 nitrogen and oxygen atoms in total. The predicted octanol–water partition coefficient (Wildman–Crippen LogP) is 3.64. The molecule has 1 aromatic rings. The first-order valence-electron chi connectivity index (χ1n) is 5.48. The molecule has 0 radical (unpaired) electrons. The number of halogens is 2. The van der Waals surface area contributed by atoms with E-state index in [1.165, 1.54) is 19.3 Å². The Morgan fingerprint density at radius 2 is 2.00 bits per heavy atom. The Morgan fingerprint density at radius 3 is 2.56 bits per heavy atom. The Hall–Kier alpha value is -0.670. The molecule has 0 aromatic carbocycles. The highest BCUT2D eigenvalue weighted by Crippen LogP contribution is 2.31. The van der Waals surface area contributed by atoms with E-state index >= 15 is 0 Å². The van der Waals surface area contributed by atoms with Crippen LogP contribution in [0.4, 0.5) is 11.6 Å². The second kappa shape index (κ2) is 5.11. The van der Waals surface area contributed by atoms with Crippen LogP contribution in [0, 0.1) is 5.92 Å². The maximum atomic E-state index is 6.07. The first-order valence-corrected chi connectivity index (χ1v) is 6.24. The number of nitrogens with one attached hydrogen (secondary N) is 2. The molecule has 2 N–H and O–H groups in total. The molecular formula is C11H15Cl2N3. The quantitative estimate of drug-likeness (QED) is 0.867. The number of anilines is 2. The smallest absolute Gasteiger partial charge is 0.147 e. The van der Waals surface area contributed by atoms with Crippen LogP contribution in [0.2, 0.25) is 10.0 Å². The number of hydrogen-bond acceptors (Lipinski definition) is 3. The van der Waals surface area contributed by atoms with Crippen LogP contribution < -0.4 is 10.6 Å². The molecule has 1 aromatic heterocycles. The third-order valence-electron chi connectivity index (χ3n) is 2.95. The molecule has 2 rings (SSSR count). The van der Waals surface area contributed by atoms with Crippen LogP contribution in [0.1, 0.15) is 19.3 Å². The minimum absolute atomic E-state index is 0.543. The lowest BCUT2D eigenvalue weighted by Gasteiger charge is -2.25. The van der Waals surface area contributed by atoms with Gasteiger partial charge in [0, 0.05) is 13.6 Å². The van der Waals surface area contributed by atoms with Crippen LogP contribution in [0.5, 0.6) is 0 Å². The molecule has 1 aliphatic rings. The van der Waals surface area contributed by atoms with E-state index in [9.17, 15) is 0 Å². The monoisotopic (exact) mass is 259 g/mol. The lowest BCUT2D eigenvalue weighted by atomic mass is 9.85. The SMILES string of the molecule is CNc1nc(NCC2CCC2)c(Cl)cc1Cl. The van der Waals surface area contributed by atoms with Crippen molar-refractivity contribution in [2.45, 2.75) is 19.3 Å². The lowest BCUT2D eigenvalue weighted by Crippen LogP contribution is -2.21. The van der Waals surface area contributed by atoms with Gasteiger partial charge in [0.2, 0.25) is 0 Å². The Kier molecular flexibility index (Phi) is 3.77. The van der Waals surface area contributed by atoms with E-state index in [0.717, 1.165) is 12.5 Å². The van der Waals surface area contributed by atoms with E-state index in [2.05, 4.69) is 15.6 Å². The van der Waals surface area contributed by atoms with Gasteiger partial charge in [-0.05, 0) is 24.8 Å². The van der Waals surface area contributed by atoms with E-state index in [4.69, 9.17) is 23.2 Å². The minimum Gasteiger partial charge on any atom is -0.372 e. The van der Waals surface area contributed by atoms with Crippen molar-refractivity contribution >= 4 is 34.8 Å². The molecule has 0 spiro atoms. The normalized spacial score (nSPS) is 15.7. The minimum atomic E-state index is 0.543. The van der Waals surface area contributed by atoms with Crippen LogP contribution in [0.15, 0.2) is 6.07 Å². The summed E-state index contributed by atoms with van der Waals surface area (Å²) >= 11 is 12.0. The van der Waals surface area contributed by atoms with Gasteiger partial charge in [0.1, 0.15) is 11.6 Å².